The van der Waals surface area contributed by atoms with Gasteiger partial charge in [0, 0.05) is 6.61 Å². The molecule has 14 heavy (non-hydrogen) atoms. The lowest BCUT2D eigenvalue weighted by Gasteiger charge is -2.04. The summed E-state index contributed by atoms with van der Waals surface area (Å²) in [6.07, 6.45) is -1.87. The van der Waals surface area contributed by atoms with Crippen molar-refractivity contribution in [2.24, 2.45) is 0 Å². The quantitative estimate of drug-likeness (QED) is 0.719. The van der Waals surface area contributed by atoms with Crippen LogP contribution in [0.5, 0.6) is 5.75 Å². The second kappa shape index (κ2) is 4.44. The number of aliphatic hydroxyl groups is 1. The monoisotopic (exact) mass is 199 g/mol. The van der Waals surface area contributed by atoms with Crippen molar-refractivity contribution in [1.82, 2.24) is 0 Å². The molecular weight excluding hydrogens is 180 g/mol. The first-order valence-electron chi connectivity index (χ1n) is 6.81. The molecule has 3 heteroatoms. The summed E-state index contributed by atoms with van der Waals surface area (Å²) in [6, 6.07) is 6.34. The zero-order chi connectivity index (χ0) is 14.3. The highest BCUT2D eigenvalue weighted by atomic mass is 16.6. The van der Waals surface area contributed by atoms with E-state index in [1.807, 2.05) is 0 Å². The number of aliphatic hydroxyl groups excluding tert-OH is 1. The van der Waals surface area contributed by atoms with Crippen LogP contribution < -0.4 is 4.74 Å². The van der Waals surface area contributed by atoms with Crippen LogP contribution in [0.15, 0.2) is 24.3 Å². The van der Waals surface area contributed by atoms with E-state index < -0.39 is 19.2 Å². The van der Waals surface area contributed by atoms with Gasteiger partial charge in [-0.15, -0.1) is 0 Å². The van der Waals surface area contributed by atoms with E-state index in [1.54, 1.807) is 12.1 Å². The molecule has 0 amide bonds. The highest BCUT2D eigenvalue weighted by Gasteiger charge is 2.22. The van der Waals surface area contributed by atoms with E-state index in [0.717, 1.165) is 5.56 Å². The van der Waals surface area contributed by atoms with Gasteiger partial charge < -0.3 is 14.6 Å². The fraction of sp³-hybridized carbons (Fsp3) is 0.455. The third kappa shape index (κ3) is 2.72. The minimum Gasteiger partial charge on any atom is -0.491 e. The number of rotatable bonds is 5. The number of ether oxygens (including phenoxy) is 2. The van der Waals surface area contributed by atoms with E-state index in [-0.39, 0.29) is 12.4 Å². The first-order chi connectivity index (χ1) is 8.72. The van der Waals surface area contributed by atoms with Crippen LogP contribution in [-0.2, 0) is 11.2 Å². The van der Waals surface area contributed by atoms with Gasteiger partial charge in [0.15, 0.2) is 0 Å². The van der Waals surface area contributed by atoms with E-state index in [1.165, 1.54) is 12.1 Å². The fourth-order valence-electron chi connectivity index (χ4n) is 1.03. The van der Waals surface area contributed by atoms with Crippen molar-refractivity contribution in [2.45, 2.75) is 12.5 Å². The lowest BCUT2D eigenvalue weighted by Crippen LogP contribution is -2.03. The predicted molar refractivity (Wildman–Crippen MR) is 52.5 cm³/mol. The van der Waals surface area contributed by atoms with Crippen molar-refractivity contribution in [3.8, 4) is 5.75 Å². The molecule has 1 heterocycles. The van der Waals surface area contributed by atoms with Gasteiger partial charge in [0.25, 0.3) is 0 Å². The Hall–Kier alpha value is -1.06. The molecule has 0 aromatic heterocycles. The highest BCUT2D eigenvalue weighted by Crippen LogP contribution is 2.15. The van der Waals surface area contributed by atoms with Crippen LogP contribution in [0.3, 0.4) is 0 Å². The molecule has 0 bridgehead atoms. The van der Waals surface area contributed by atoms with Crippen LogP contribution in [0.25, 0.3) is 0 Å². The van der Waals surface area contributed by atoms with E-state index in [0.29, 0.717) is 6.42 Å². The summed E-state index contributed by atoms with van der Waals surface area (Å²) in [6.45, 7) is -4.94. The molecule has 0 spiro atoms. The smallest absolute Gasteiger partial charge is 0.119 e. The van der Waals surface area contributed by atoms with E-state index in [9.17, 15) is 0 Å². The molecule has 1 unspecified atom stereocenters. The summed E-state index contributed by atoms with van der Waals surface area (Å²) in [4.78, 5) is 0. The molecule has 3 nitrogen and oxygen atoms in total. The zero-order valence-corrected chi connectivity index (χ0v) is 7.49. The Morgan fingerprint density at radius 1 is 1.64 bits per heavy atom. The topological polar surface area (TPSA) is 42.0 Å². The maximum atomic E-state index is 8.77. The van der Waals surface area contributed by atoms with Gasteiger partial charge in [0.2, 0.25) is 0 Å². The molecule has 2 rings (SSSR count). The molecule has 0 aliphatic carbocycles. The van der Waals surface area contributed by atoms with Crippen molar-refractivity contribution in [3.63, 3.8) is 0 Å². The minimum absolute atomic E-state index is 0.0188. The normalized spacial score (nSPS) is 34.5. The van der Waals surface area contributed by atoms with Crippen LogP contribution in [0.1, 0.15) is 12.4 Å². The van der Waals surface area contributed by atoms with E-state index >= 15 is 0 Å². The molecule has 1 atom stereocenters. The van der Waals surface area contributed by atoms with Crippen LogP contribution in [0.2, 0.25) is 0 Å². The van der Waals surface area contributed by atoms with Crippen molar-refractivity contribution in [3.05, 3.63) is 29.8 Å². The Labute approximate surface area is 90.3 Å². The molecule has 1 aliphatic rings. The summed E-state index contributed by atoms with van der Waals surface area (Å²) in [7, 11) is 0. The van der Waals surface area contributed by atoms with Gasteiger partial charge in [-0.2, -0.15) is 0 Å². The van der Waals surface area contributed by atoms with Crippen molar-refractivity contribution in [2.75, 3.05) is 19.7 Å². The third-order valence-electron chi connectivity index (χ3n) is 1.79. The molecule has 1 aromatic carbocycles. The first kappa shape index (κ1) is 5.14. The van der Waals surface area contributed by atoms with Crippen LogP contribution in [0.4, 0.5) is 0 Å². The first-order valence-corrected chi connectivity index (χ1v) is 4.31. The number of hydrogen-bond acceptors (Lipinski definition) is 3. The number of epoxide rings is 1. The SMILES string of the molecule is [2H]C([2H])(Oc1ccc(CCO)cc1)C1([2H])OC1([2H])[2H]. The van der Waals surface area contributed by atoms with Gasteiger partial charge in [-0.05, 0) is 24.1 Å². The largest absolute Gasteiger partial charge is 0.491 e. The standard InChI is InChI=1S/C11H14O3/c12-6-5-9-1-3-10(4-2-9)13-7-11-8-14-11/h1-4,11-12H,5-8H2/i7D2,8D2,11D. The maximum absolute atomic E-state index is 8.77. The summed E-state index contributed by atoms with van der Waals surface area (Å²) in [5, 5.41) is 8.77. The van der Waals surface area contributed by atoms with Gasteiger partial charge in [-0.3, -0.25) is 0 Å². The summed E-state index contributed by atoms with van der Waals surface area (Å²) in [5.41, 5.74) is 0.869. The minimum atomic E-state index is -2.60. The Balaban J connectivity index is 2.08. The highest BCUT2D eigenvalue weighted by molar-refractivity contribution is 5.27. The van der Waals surface area contributed by atoms with Crippen LogP contribution in [0, 0.1) is 0 Å². The number of benzene rings is 1. The van der Waals surface area contributed by atoms with Gasteiger partial charge in [-0.25, -0.2) is 0 Å². The predicted octanol–water partition coefficient (Wildman–Crippen LogP) is 0.999. The summed E-state index contributed by atoms with van der Waals surface area (Å²) < 4.78 is 46.7. The lowest BCUT2D eigenvalue weighted by atomic mass is 10.1. The van der Waals surface area contributed by atoms with Gasteiger partial charge in [0.05, 0.1) is 13.4 Å². The third-order valence-corrected chi connectivity index (χ3v) is 1.79. The van der Waals surface area contributed by atoms with Crippen molar-refractivity contribution in [1.29, 1.82) is 0 Å². The molecule has 0 saturated carbocycles. The Bertz CT molecular complexity index is 462. The molecular formula is C11H14O3. The van der Waals surface area contributed by atoms with Gasteiger partial charge in [-0.1, -0.05) is 12.1 Å². The van der Waals surface area contributed by atoms with Crippen LogP contribution in [-0.4, -0.2) is 30.9 Å². The van der Waals surface area contributed by atoms with E-state index in [2.05, 4.69) is 4.74 Å². The average molecular weight is 199 g/mol. The average Bonchev–Trinajstić information content (AvgIpc) is 2.83. The maximum Gasteiger partial charge on any atom is 0.119 e. The molecule has 76 valence electrons. The lowest BCUT2D eigenvalue weighted by molar-refractivity contribution is 0.263. The summed E-state index contributed by atoms with van der Waals surface area (Å²) in [5.74, 6) is 0.171. The number of hydrogen-bond donors (Lipinski definition) is 1. The molecule has 1 N–H and O–H groups in total. The Morgan fingerprint density at radius 3 is 2.93 bits per heavy atom. The van der Waals surface area contributed by atoms with Crippen LogP contribution >= 0.6 is 0 Å². The van der Waals surface area contributed by atoms with Crippen molar-refractivity contribution >= 4 is 0 Å². The Kier molecular flexibility index (Phi) is 1.63. The van der Waals surface area contributed by atoms with Crippen molar-refractivity contribution < 1.29 is 21.4 Å². The second-order valence-corrected chi connectivity index (χ2v) is 2.85. The second-order valence-electron chi connectivity index (χ2n) is 2.85. The Morgan fingerprint density at radius 2 is 2.36 bits per heavy atom. The molecule has 1 fully saturated rings. The summed E-state index contributed by atoms with van der Waals surface area (Å²) >= 11 is 0. The van der Waals surface area contributed by atoms with Gasteiger partial charge >= 0.3 is 0 Å². The zero-order valence-electron chi connectivity index (χ0n) is 12.5. The molecule has 1 saturated heterocycles. The molecule has 1 aliphatic heterocycles. The van der Waals surface area contributed by atoms with Gasteiger partial charge in [0.1, 0.15) is 18.4 Å². The molecule has 0 radical (unpaired) electrons. The molecule has 1 aromatic rings. The fourth-order valence-corrected chi connectivity index (χ4v) is 1.03. The van der Waals surface area contributed by atoms with E-state index in [4.69, 9.17) is 16.7 Å².